The number of methoxy groups -OCH3 is 3. The fourth-order valence-corrected chi connectivity index (χ4v) is 2.64. The summed E-state index contributed by atoms with van der Waals surface area (Å²) in [6, 6.07) is 8.53. The van der Waals surface area contributed by atoms with Crippen molar-refractivity contribution in [2.45, 2.75) is 0 Å². The van der Waals surface area contributed by atoms with Crippen molar-refractivity contribution in [2.75, 3.05) is 26.6 Å². The van der Waals surface area contributed by atoms with Gasteiger partial charge in [0, 0.05) is 22.8 Å². The fraction of sp³-hybridized carbons (Fsp3) is 0.167. The van der Waals surface area contributed by atoms with Crippen molar-refractivity contribution in [3.63, 3.8) is 0 Å². The van der Waals surface area contributed by atoms with Crippen LogP contribution in [0.5, 0.6) is 23.0 Å². The number of benzene rings is 2. The largest absolute Gasteiger partial charge is 0.504 e. The molecule has 6 nitrogen and oxygen atoms in total. The molecule has 0 spiro atoms. The molecule has 2 aromatic carbocycles. The van der Waals surface area contributed by atoms with Gasteiger partial charge in [-0.15, -0.1) is 0 Å². The van der Waals surface area contributed by atoms with E-state index >= 15 is 0 Å². The van der Waals surface area contributed by atoms with Crippen molar-refractivity contribution >= 4 is 23.2 Å². The number of nitrogens with one attached hydrogen (secondary N) is 1. The van der Waals surface area contributed by atoms with Crippen molar-refractivity contribution in [1.29, 1.82) is 0 Å². The molecule has 0 saturated carbocycles. The summed E-state index contributed by atoms with van der Waals surface area (Å²) in [5.41, 5.74) is 2.22. The maximum Gasteiger partial charge on any atom is 0.256 e. The summed E-state index contributed by atoms with van der Waals surface area (Å²) in [5, 5.41) is 13.0. The number of para-hydroxylation sites is 1. The molecule has 6 heteroatoms. The van der Waals surface area contributed by atoms with E-state index in [-0.39, 0.29) is 11.7 Å². The van der Waals surface area contributed by atoms with Gasteiger partial charge in [0.25, 0.3) is 5.91 Å². The number of rotatable bonds is 4. The first-order valence-electron chi connectivity index (χ1n) is 7.24. The molecule has 2 N–H and O–H groups in total. The highest BCUT2D eigenvalue weighted by Gasteiger charge is 2.27. The minimum atomic E-state index is -0.262. The second-order valence-corrected chi connectivity index (χ2v) is 5.16. The van der Waals surface area contributed by atoms with Gasteiger partial charge in [0.05, 0.1) is 27.0 Å². The third-order valence-electron chi connectivity index (χ3n) is 3.86. The van der Waals surface area contributed by atoms with Crippen LogP contribution in [-0.4, -0.2) is 32.3 Å². The lowest BCUT2D eigenvalue weighted by Gasteiger charge is -2.10. The maximum absolute atomic E-state index is 12.3. The summed E-state index contributed by atoms with van der Waals surface area (Å²) in [6.07, 6.45) is 1.62. The highest BCUT2D eigenvalue weighted by molar-refractivity contribution is 6.35. The van der Waals surface area contributed by atoms with Gasteiger partial charge in [0.15, 0.2) is 23.0 Å². The average Bonchev–Trinajstić information content (AvgIpc) is 2.90. The molecule has 0 fully saturated rings. The van der Waals surface area contributed by atoms with Crippen LogP contribution in [0.25, 0.3) is 11.6 Å². The Labute approximate surface area is 139 Å². The molecule has 1 amide bonds. The van der Waals surface area contributed by atoms with Crippen LogP contribution >= 0.6 is 0 Å². The first-order chi connectivity index (χ1) is 11.6. The van der Waals surface area contributed by atoms with E-state index in [0.29, 0.717) is 39.6 Å². The molecule has 124 valence electrons. The second-order valence-electron chi connectivity index (χ2n) is 5.16. The fourth-order valence-electron chi connectivity index (χ4n) is 2.64. The number of amides is 1. The molecule has 24 heavy (non-hydrogen) atoms. The van der Waals surface area contributed by atoms with E-state index in [9.17, 15) is 9.90 Å². The van der Waals surface area contributed by atoms with Crippen LogP contribution in [0.4, 0.5) is 5.69 Å². The average molecular weight is 327 g/mol. The topological polar surface area (TPSA) is 77.0 Å². The molecule has 0 saturated heterocycles. The van der Waals surface area contributed by atoms with Gasteiger partial charge in [-0.1, -0.05) is 12.1 Å². The predicted molar refractivity (Wildman–Crippen MR) is 90.7 cm³/mol. The molecule has 0 bridgehead atoms. The molecular weight excluding hydrogens is 310 g/mol. The van der Waals surface area contributed by atoms with Gasteiger partial charge < -0.3 is 24.6 Å². The maximum atomic E-state index is 12.3. The number of carbonyl (C=O) groups is 1. The molecule has 1 aliphatic heterocycles. The van der Waals surface area contributed by atoms with Crippen molar-refractivity contribution in [3.05, 3.63) is 41.5 Å². The molecule has 0 atom stereocenters. The van der Waals surface area contributed by atoms with E-state index < -0.39 is 0 Å². The molecule has 2 aromatic rings. The van der Waals surface area contributed by atoms with Crippen LogP contribution in [0.3, 0.4) is 0 Å². The zero-order valence-electron chi connectivity index (χ0n) is 13.5. The van der Waals surface area contributed by atoms with Crippen LogP contribution < -0.4 is 19.5 Å². The van der Waals surface area contributed by atoms with Crippen molar-refractivity contribution < 1.29 is 24.1 Å². The SMILES string of the molecule is COc1cc2c(cc1OC)C(=Cc1cccc(OC)c1O)C(=O)N2. The number of anilines is 1. The summed E-state index contributed by atoms with van der Waals surface area (Å²) in [4.78, 5) is 12.3. The lowest BCUT2D eigenvalue weighted by atomic mass is 10.0. The van der Waals surface area contributed by atoms with E-state index in [1.165, 1.54) is 21.3 Å². The van der Waals surface area contributed by atoms with E-state index in [4.69, 9.17) is 14.2 Å². The Morgan fingerprint density at radius 1 is 1.00 bits per heavy atom. The zero-order valence-corrected chi connectivity index (χ0v) is 13.5. The lowest BCUT2D eigenvalue weighted by molar-refractivity contribution is -0.110. The summed E-state index contributed by atoms with van der Waals surface area (Å²) >= 11 is 0. The Bertz CT molecular complexity index is 842. The predicted octanol–water partition coefficient (Wildman–Crippen LogP) is 2.91. The van der Waals surface area contributed by atoms with E-state index in [1.54, 1.807) is 36.4 Å². The quantitative estimate of drug-likeness (QED) is 0.844. The molecule has 0 radical (unpaired) electrons. The van der Waals surface area contributed by atoms with Gasteiger partial charge in [-0.05, 0) is 18.2 Å². The summed E-state index contributed by atoms with van der Waals surface area (Å²) in [6.45, 7) is 0. The van der Waals surface area contributed by atoms with Crippen LogP contribution in [0.2, 0.25) is 0 Å². The van der Waals surface area contributed by atoms with E-state index in [2.05, 4.69) is 5.32 Å². The van der Waals surface area contributed by atoms with Crippen LogP contribution in [0.15, 0.2) is 30.3 Å². The van der Waals surface area contributed by atoms with Crippen LogP contribution in [0.1, 0.15) is 11.1 Å². The van der Waals surface area contributed by atoms with Gasteiger partial charge in [-0.3, -0.25) is 4.79 Å². The first kappa shape index (κ1) is 15.7. The van der Waals surface area contributed by atoms with Crippen LogP contribution in [0, 0.1) is 0 Å². The summed E-state index contributed by atoms with van der Waals surface area (Å²) in [7, 11) is 4.54. The first-order valence-corrected chi connectivity index (χ1v) is 7.24. The molecule has 0 unspecified atom stereocenters. The third-order valence-corrected chi connectivity index (χ3v) is 3.86. The third kappa shape index (κ3) is 2.52. The number of hydrogen-bond donors (Lipinski definition) is 2. The minimum absolute atomic E-state index is 0.0192. The molecule has 0 aromatic heterocycles. The van der Waals surface area contributed by atoms with Crippen LogP contribution in [-0.2, 0) is 4.79 Å². The number of hydrogen-bond acceptors (Lipinski definition) is 5. The Morgan fingerprint density at radius 3 is 2.33 bits per heavy atom. The number of aromatic hydroxyl groups is 1. The lowest BCUT2D eigenvalue weighted by Crippen LogP contribution is -2.03. The number of ether oxygens (including phenoxy) is 3. The normalized spacial score (nSPS) is 14.3. The minimum Gasteiger partial charge on any atom is -0.504 e. The Hall–Kier alpha value is -3.15. The second kappa shape index (κ2) is 6.16. The van der Waals surface area contributed by atoms with Gasteiger partial charge in [0.1, 0.15) is 0 Å². The van der Waals surface area contributed by atoms with E-state index in [0.717, 1.165) is 0 Å². The zero-order chi connectivity index (χ0) is 17.3. The van der Waals surface area contributed by atoms with Crippen molar-refractivity contribution in [1.82, 2.24) is 0 Å². The monoisotopic (exact) mass is 327 g/mol. The Morgan fingerprint density at radius 2 is 1.67 bits per heavy atom. The van der Waals surface area contributed by atoms with Gasteiger partial charge in [-0.25, -0.2) is 0 Å². The molecule has 1 aliphatic rings. The number of fused-ring (bicyclic) bond motifs is 1. The Kier molecular flexibility index (Phi) is 4.04. The van der Waals surface area contributed by atoms with E-state index in [1.807, 2.05) is 0 Å². The molecule has 0 aliphatic carbocycles. The molecule has 1 heterocycles. The number of phenols is 1. The number of carbonyl (C=O) groups excluding carboxylic acids is 1. The highest BCUT2D eigenvalue weighted by atomic mass is 16.5. The standard InChI is InChI=1S/C18H17NO5/c1-22-14-6-4-5-10(17(14)20)7-12-11-8-15(23-2)16(24-3)9-13(11)19-18(12)21/h4-9,20H,1-3H3,(H,19,21). The van der Waals surface area contributed by atoms with Gasteiger partial charge >= 0.3 is 0 Å². The Balaban J connectivity index is 2.13. The highest BCUT2D eigenvalue weighted by Crippen LogP contribution is 2.42. The van der Waals surface area contributed by atoms with Gasteiger partial charge in [-0.2, -0.15) is 0 Å². The van der Waals surface area contributed by atoms with Crippen molar-refractivity contribution in [3.8, 4) is 23.0 Å². The molecule has 3 rings (SSSR count). The smallest absolute Gasteiger partial charge is 0.256 e. The molecular formula is C18H17NO5. The van der Waals surface area contributed by atoms with Crippen molar-refractivity contribution in [2.24, 2.45) is 0 Å². The summed E-state index contributed by atoms with van der Waals surface area (Å²) < 4.78 is 15.6. The van der Waals surface area contributed by atoms with Gasteiger partial charge in [0.2, 0.25) is 0 Å². The summed E-state index contributed by atoms with van der Waals surface area (Å²) in [5.74, 6) is 1.11. The number of phenolic OH excluding ortho intramolecular Hbond substituents is 1.